The Morgan fingerprint density at radius 3 is 2.55 bits per heavy atom. The van der Waals surface area contributed by atoms with Gasteiger partial charge in [0.05, 0.1) is 11.6 Å². The van der Waals surface area contributed by atoms with Crippen molar-refractivity contribution in [3.63, 3.8) is 0 Å². The summed E-state index contributed by atoms with van der Waals surface area (Å²) < 4.78 is 39.3. The lowest BCUT2D eigenvalue weighted by Crippen LogP contribution is -2.04. The minimum absolute atomic E-state index is 0.233. The molecule has 2 rings (SSSR count). The van der Waals surface area contributed by atoms with Crippen LogP contribution in [0.25, 0.3) is 11.4 Å². The fourth-order valence-electron chi connectivity index (χ4n) is 2.01. The Labute approximate surface area is 114 Å². The molecule has 6 heteroatoms. The number of halogens is 3. The van der Waals surface area contributed by atoms with Gasteiger partial charge in [-0.15, -0.1) is 0 Å². The van der Waals surface area contributed by atoms with E-state index in [2.05, 4.69) is 11.1 Å². The summed E-state index contributed by atoms with van der Waals surface area (Å²) in [5, 5.41) is 8.96. The van der Waals surface area contributed by atoms with E-state index in [0.29, 0.717) is 17.5 Å². The van der Waals surface area contributed by atoms with Crippen LogP contribution in [0.2, 0.25) is 0 Å². The third kappa shape index (κ3) is 2.52. The van der Waals surface area contributed by atoms with Crippen LogP contribution in [0.4, 0.5) is 13.2 Å². The molecule has 0 N–H and O–H groups in total. The average Bonchev–Trinajstić information content (AvgIpc) is 2.80. The quantitative estimate of drug-likeness (QED) is 0.843. The lowest BCUT2D eigenvalue weighted by atomic mass is 10.0. The molecule has 0 atom stereocenters. The zero-order valence-corrected chi connectivity index (χ0v) is 11.0. The number of rotatable bonds is 2. The van der Waals surface area contributed by atoms with Gasteiger partial charge >= 0.3 is 6.18 Å². The number of aromatic nitrogens is 2. The zero-order valence-electron chi connectivity index (χ0n) is 11.0. The minimum Gasteiger partial charge on any atom is -0.333 e. The van der Waals surface area contributed by atoms with Gasteiger partial charge < -0.3 is 4.57 Å². The summed E-state index contributed by atoms with van der Waals surface area (Å²) in [6.45, 7) is 1.89. The molecule has 1 heterocycles. The third-order valence-corrected chi connectivity index (χ3v) is 3.03. The second-order valence-electron chi connectivity index (χ2n) is 4.40. The highest BCUT2D eigenvalue weighted by Crippen LogP contribution is 2.31. The molecule has 104 valence electrons. The Morgan fingerprint density at radius 1 is 1.35 bits per heavy atom. The highest BCUT2D eigenvalue weighted by Gasteiger charge is 2.34. The van der Waals surface area contributed by atoms with Crippen molar-refractivity contribution in [3.05, 3.63) is 41.2 Å². The topological polar surface area (TPSA) is 41.6 Å². The standard InChI is InChI=1S/C14H12F3N3/c1-3-9-6-10(4-5-11(9)7-18)13-19-12(8-20(13)2)14(15,16)17/h4-6,8H,3H2,1-2H3. The maximum absolute atomic E-state index is 12.6. The molecule has 1 aromatic carbocycles. The van der Waals surface area contributed by atoms with E-state index in [4.69, 9.17) is 5.26 Å². The molecule has 1 aromatic heterocycles. The Balaban J connectivity index is 2.53. The first-order valence-corrected chi connectivity index (χ1v) is 6.00. The lowest BCUT2D eigenvalue weighted by Gasteiger charge is -2.05. The molecular weight excluding hydrogens is 267 g/mol. The van der Waals surface area contributed by atoms with E-state index in [1.165, 1.54) is 11.6 Å². The number of nitriles is 1. The van der Waals surface area contributed by atoms with Crippen molar-refractivity contribution >= 4 is 0 Å². The molecule has 0 fully saturated rings. The summed E-state index contributed by atoms with van der Waals surface area (Å²) in [7, 11) is 1.52. The molecule has 0 amide bonds. The summed E-state index contributed by atoms with van der Waals surface area (Å²) in [5.74, 6) is 0.233. The van der Waals surface area contributed by atoms with Gasteiger partial charge in [-0.2, -0.15) is 18.4 Å². The Morgan fingerprint density at radius 2 is 2.05 bits per heavy atom. The SMILES string of the molecule is CCc1cc(-c2nc(C(F)(F)F)cn2C)ccc1C#N. The number of imidazole rings is 1. The average molecular weight is 279 g/mol. The van der Waals surface area contributed by atoms with Crippen molar-refractivity contribution in [2.45, 2.75) is 19.5 Å². The number of alkyl halides is 3. The van der Waals surface area contributed by atoms with Gasteiger partial charge in [-0.25, -0.2) is 4.98 Å². The highest BCUT2D eigenvalue weighted by atomic mass is 19.4. The second kappa shape index (κ2) is 5.00. The normalized spacial score (nSPS) is 11.4. The molecule has 0 aliphatic heterocycles. The maximum Gasteiger partial charge on any atom is 0.434 e. The second-order valence-corrected chi connectivity index (χ2v) is 4.40. The van der Waals surface area contributed by atoms with E-state index < -0.39 is 11.9 Å². The summed E-state index contributed by atoms with van der Waals surface area (Å²) in [6, 6.07) is 6.99. The van der Waals surface area contributed by atoms with Gasteiger partial charge in [0.1, 0.15) is 5.82 Å². The van der Waals surface area contributed by atoms with E-state index in [1.807, 2.05) is 6.92 Å². The van der Waals surface area contributed by atoms with Gasteiger partial charge in [-0.3, -0.25) is 0 Å². The van der Waals surface area contributed by atoms with Gasteiger partial charge in [0, 0.05) is 18.8 Å². The molecule has 0 saturated heterocycles. The number of hydrogen-bond donors (Lipinski definition) is 0. The van der Waals surface area contributed by atoms with Crippen LogP contribution >= 0.6 is 0 Å². The Kier molecular flexibility index (Phi) is 3.53. The van der Waals surface area contributed by atoms with Gasteiger partial charge in [0.15, 0.2) is 5.69 Å². The lowest BCUT2D eigenvalue weighted by molar-refractivity contribution is -0.140. The number of hydrogen-bond acceptors (Lipinski definition) is 2. The molecule has 0 radical (unpaired) electrons. The predicted octanol–water partition coefficient (Wildman–Crippen LogP) is 3.54. The molecule has 0 aliphatic carbocycles. The smallest absolute Gasteiger partial charge is 0.333 e. The van der Waals surface area contributed by atoms with Crippen molar-refractivity contribution in [1.82, 2.24) is 9.55 Å². The monoisotopic (exact) mass is 279 g/mol. The van der Waals surface area contributed by atoms with E-state index in [-0.39, 0.29) is 5.82 Å². The molecule has 0 unspecified atom stereocenters. The van der Waals surface area contributed by atoms with Crippen LogP contribution in [0, 0.1) is 11.3 Å². The van der Waals surface area contributed by atoms with E-state index in [1.54, 1.807) is 18.2 Å². The number of benzene rings is 1. The van der Waals surface area contributed by atoms with Crippen molar-refractivity contribution in [2.75, 3.05) is 0 Å². The molecule has 0 spiro atoms. The van der Waals surface area contributed by atoms with E-state index in [0.717, 1.165) is 11.8 Å². The van der Waals surface area contributed by atoms with Crippen molar-refractivity contribution in [2.24, 2.45) is 7.05 Å². The van der Waals surface area contributed by atoms with E-state index >= 15 is 0 Å². The van der Waals surface area contributed by atoms with Gasteiger partial charge in [-0.05, 0) is 30.2 Å². The molecule has 0 bridgehead atoms. The first-order valence-electron chi connectivity index (χ1n) is 6.00. The summed E-state index contributed by atoms with van der Waals surface area (Å²) in [5.41, 5.74) is 0.972. The molecule has 0 aliphatic rings. The fourth-order valence-corrected chi connectivity index (χ4v) is 2.01. The van der Waals surface area contributed by atoms with Gasteiger partial charge in [0.25, 0.3) is 0 Å². The summed E-state index contributed by atoms with van der Waals surface area (Å²) in [6.07, 6.45) is -2.87. The predicted molar refractivity (Wildman–Crippen MR) is 67.7 cm³/mol. The van der Waals surface area contributed by atoms with Crippen molar-refractivity contribution in [3.8, 4) is 17.5 Å². The number of aryl methyl sites for hydroxylation is 2. The third-order valence-electron chi connectivity index (χ3n) is 3.03. The molecular formula is C14H12F3N3. The van der Waals surface area contributed by atoms with Crippen LogP contribution in [0.3, 0.4) is 0 Å². The van der Waals surface area contributed by atoms with Crippen LogP contribution in [-0.4, -0.2) is 9.55 Å². The largest absolute Gasteiger partial charge is 0.434 e. The molecule has 3 nitrogen and oxygen atoms in total. The first-order chi connectivity index (χ1) is 9.36. The van der Waals surface area contributed by atoms with E-state index in [9.17, 15) is 13.2 Å². The number of nitrogens with zero attached hydrogens (tertiary/aromatic N) is 3. The Bertz CT molecular complexity index is 678. The van der Waals surface area contributed by atoms with Gasteiger partial charge in [0.2, 0.25) is 0 Å². The summed E-state index contributed by atoms with van der Waals surface area (Å²) in [4.78, 5) is 3.64. The van der Waals surface area contributed by atoms with Crippen LogP contribution in [0.5, 0.6) is 0 Å². The molecule has 20 heavy (non-hydrogen) atoms. The van der Waals surface area contributed by atoms with Crippen molar-refractivity contribution in [1.29, 1.82) is 5.26 Å². The van der Waals surface area contributed by atoms with Crippen molar-refractivity contribution < 1.29 is 13.2 Å². The maximum atomic E-state index is 12.6. The minimum atomic E-state index is -4.46. The molecule has 0 saturated carbocycles. The highest BCUT2D eigenvalue weighted by molar-refractivity contribution is 5.60. The molecule has 2 aromatic rings. The zero-order chi connectivity index (χ0) is 14.9. The first kappa shape index (κ1) is 14.1. The van der Waals surface area contributed by atoms with Crippen LogP contribution in [-0.2, 0) is 19.6 Å². The fraction of sp³-hybridized carbons (Fsp3) is 0.286. The van der Waals surface area contributed by atoms with Crippen LogP contribution in [0.15, 0.2) is 24.4 Å². The van der Waals surface area contributed by atoms with Crippen LogP contribution < -0.4 is 0 Å². The Hall–Kier alpha value is -2.29. The van der Waals surface area contributed by atoms with Crippen LogP contribution in [0.1, 0.15) is 23.7 Å². The van der Waals surface area contributed by atoms with Gasteiger partial charge in [-0.1, -0.05) is 6.92 Å². The summed E-state index contributed by atoms with van der Waals surface area (Å²) >= 11 is 0.